The van der Waals surface area contributed by atoms with Crippen LogP contribution < -0.4 is 0 Å². The van der Waals surface area contributed by atoms with E-state index in [0.717, 1.165) is 50.0 Å². The van der Waals surface area contributed by atoms with Crippen molar-refractivity contribution in [2.45, 2.75) is 52.1 Å². The van der Waals surface area contributed by atoms with Crippen LogP contribution in [0.3, 0.4) is 0 Å². The summed E-state index contributed by atoms with van der Waals surface area (Å²) < 4.78 is 1.84. The van der Waals surface area contributed by atoms with Gasteiger partial charge in [0.2, 0.25) is 11.8 Å². The van der Waals surface area contributed by atoms with Crippen LogP contribution in [0.5, 0.6) is 0 Å². The van der Waals surface area contributed by atoms with Gasteiger partial charge >= 0.3 is 0 Å². The standard InChI is InChI=1S/C22H29N5O2/c1-18-14-24-27(15-18)11-5-21(29)25-12-7-22(8-13-25)6-2-20(28)26(17-22)16-19-3-9-23-10-4-19/h3-4,9-10,14-15H,2,5-8,11-13,16-17H2,1H3. The molecule has 0 N–H and O–H groups in total. The van der Waals surface area contributed by atoms with E-state index in [-0.39, 0.29) is 17.2 Å². The topological polar surface area (TPSA) is 71.3 Å². The second kappa shape index (κ2) is 8.35. The first-order chi connectivity index (χ1) is 14.0. The third-order valence-corrected chi connectivity index (χ3v) is 6.36. The molecule has 1 spiro atoms. The number of aryl methyl sites for hydroxylation is 2. The van der Waals surface area contributed by atoms with Crippen LogP contribution in [0.15, 0.2) is 36.9 Å². The summed E-state index contributed by atoms with van der Waals surface area (Å²) in [5.41, 5.74) is 2.38. The first-order valence-electron chi connectivity index (χ1n) is 10.5. The Hall–Kier alpha value is -2.70. The average molecular weight is 396 g/mol. The Balaban J connectivity index is 1.30. The normalized spacial score (nSPS) is 19.0. The lowest BCUT2D eigenvalue weighted by molar-refractivity contribution is -0.143. The number of hydrogen-bond donors (Lipinski definition) is 0. The number of likely N-dealkylation sites (tertiary alicyclic amines) is 2. The van der Waals surface area contributed by atoms with Gasteiger partial charge in [-0.25, -0.2) is 0 Å². The molecule has 0 unspecified atom stereocenters. The number of carbonyl (C=O) groups excluding carboxylic acids is 2. The summed E-state index contributed by atoms with van der Waals surface area (Å²) in [6, 6.07) is 3.94. The van der Waals surface area contributed by atoms with Crippen LogP contribution in [0.1, 0.15) is 43.2 Å². The van der Waals surface area contributed by atoms with Crippen LogP contribution in [0, 0.1) is 12.3 Å². The molecule has 2 amide bonds. The highest BCUT2D eigenvalue weighted by atomic mass is 16.2. The van der Waals surface area contributed by atoms with Gasteiger partial charge in [0.15, 0.2) is 0 Å². The fraction of sp³-hybridized carbons (Fsp3) is 0.545. The summed E-state index contributed by atoms with van der Waals surface area (Å²) in [6.07, 6.45) is 11.3. The predicted octanol–water partition coefficient (Wildman–Crippen LogP) is 2.41. The third-order valence-electron chi connectivity index (χ3n) is 6.36. The summed E-state index contributed by atoms with van der Waals surface area (Å²) in [6.45, 7) is 5.64. The molecular formula is C22H29N5O2. The Morgan fingerprint density at radius 1 is 1.17 bits per heavy atom. The predicted molar refractivity (Wildman–Crippen MR) is 109 cm³/mol. The molecule has 2 saturated heterocycles. The van der Waals surface area contributed by atoms with Crippen molar-refractivity contribution in [1.29, 1.82) is 0 Å². The van der Waals surface area contributed by atoms with Gasteiger partial charge in [0, 0.05) is 64.2 Å². The minimum Gasteiger partial charge on any atom is -0.343 e. The molecule has 4 heterocycles. The second-order valence-corrected chi connectivity index (χ2v) is 8.52. The third kappa shape index (κ3) is 4.66. The number of aromatic nitrogens is 3. The first kappa shape index (κ1) is 19.6. The SMILES string of the molecule is Cc1cnn(CCC(=O)N2CCC3(CCC(=O)N(Cc4ccncc4)C3)CC2)c1. The van der Waals surface area contributed by atoms with E-state index >= 15 is 0 Å². The minimum atomic E-state index is 0.150. The van der Waals surface area contributed by atoms with Crippen LogP contribution in [0.25, 0.3) is 0 Å². The highest BCUT2D eigenvalue weighted by Gasteiger charge is 2.41. The second-order valence-electron chi connectivity index (χ2n) is 8.52. The van der Waals surface area contributed by atoms with Crippen molar-refractivity contribution in [3.05, 3.63) is 48.0 Å². The Morgan fingerprint density at radius 3 is 2.62 bits per heavy atom. The van der Waals surface area contributed by atoms with Crippen molar-refractivity contribution >= 4 is 11.8 Å². The molecule has 2 aromatic heterocycles. The smallest absolute Gasteiger partial charge is 0.224 e. The monoisotopic (exact) mass is 395 g/mol. The highest BCUT2D eigenvalue weighted by molar-refractivity contribution is 5.77. The molecule has 0 aromatic carbocycles. The molecule has 7 nitrogen and oxygen atoms in total. The van der Waals surface area contributed by atoms with Crippen molar-refractivity contribution in [2.24, 2.45) is 5.41 Å². The summed E-state index contributed by atoms with van der Waals surface area (Å²) in [4.78, 5) is 33.1. The molecule has 2 aliphatic rings. The van der Waals surface area contributed by atoms with E-state index in [9.17, 15) is 9.59 Å². The summed E-state index contributed by atoms with van der Waals surface area (Å²) in [7, 11) is 0. The molecular weight excluding hydrogens is 366 g/mol. The van der Waals surface area contributed by atoms with Gasteiger partial charge in [0.25, 0.3) is 0 Å². The number of hydrogen-bond acceptors (Lipinski definition) is 4. The molecule has 2 aromatic rings. The first-order valence-corrected chi connectivity index (χ1v) is 10.5. The van der Waals surface area contributed by atoms with Gasteiger partial charge in [-0.3, -0.25) is 19.3 Å². The van der Waals surface area contributed by atoms with E-state index in [1.807, 2.05) is 45.9 Å². The van der Waals surface area contributed by atoms with Crippen LogP contribution in [0.4, 0.5) is 0 Å². The summed E-state index contributed by atoms with van der Waals surface area (Å²) in [5.74, 6) is 0.439. The van der Waals surface area contributed by atoms with Crippen molar-refractivity contribution in [3.63, 3.8) is 0 Å². The number of amides is 2. The number of rotatable bonds is 5. The molecule has 7 heteroatoms. The lowest BCUT2D eigenvalue weighted by Gasteiger charge is -2.47. The van der Waals surface area contributed by atoms with Crippen LogP contribution in [-0.4, -0.2) is 56.0 Å². The van der Waals surface area contributed by atoms with E-state index in [1.54, 1.807) is 12.4 Å². The largest absolute Gasteiger partial charge is 0.343 e. The van der Waals surface area contributed by atoms with Crippen molar-refractivity contribution in [1.82, 2.24) is 24.6 Å². The number of nitrogens with zero attached hydrogens (tertiary/aromatic N) is 5. The molecule has 2 aliphatic heterocycles. The van der Waals surface area contributed by atoms with E-state index in [1.165, 1.54) is 0 Å². The fourth-order valence-electron chi connectivity index (χ4n) is 4.55. The maximum atomic E-state index is 12.6. The number of piperidine rings is 2. The van der Waals surface area contributed by atoms with Gasteiger partial charge in [-0.15, -0.1) is 0 Å². The van der Waals surface area contributed by atoms with E-state index in [4.69, 9.17) is 0 Å². The Kier molecular flexibility index (Phi) is 5.65. The Labute approximate surface area is 171 Å². The van der Waals surface area contributed by atoms with Gasteiger partial charge in [-0.1, -0.05) is 0 Å². The van der Waals surface area contributed by atoms with Crippen LogP contribution in [0.2, 0.25) is 0 Å². The van der Waals surface area contributed by atoms with Crippen LogP contribution >= 0.6 is 0 Å². The molecule has 0 radical (unpaired) electrons. The quantitative estimate of drug-likeness (QED) is 0.779. The molecule has 4 rings (SSSR count). The van der Waals surface area contributed by atoms with Crippen LogP contribution in [-0.2, 0) is 22.7 Å². The molecule has 154 valence electrons. The van der Waals surface area contributed by atoms with E-state index in [2.05, 4.69) is 10.1 Å². The Bertz CT molecular complexity index is 855. The van der Waals surface area contributed by atoms with Crippen molar-refractivity contribution in [2.75, 3.05) is 19.6 Å². The van der Waals surface area contributed by atoms with Gasteiger partial charge in [0.05, 0.1) is 6.20 Å². The maximum absolute atomic E-state index is 12.6. The molecule has 0 bridgehead atoms. The molecule has 0 atom stereocenters. The zero-order chi connectivity index (χ0) is 20.3. The maximum Gasteiger partial charge on any atom is 0.224 e. The van der Waals surface area contributed by atoms with Crippen molar-refractivity contribution < 1.29 is 9.59 Å². The van der Waals surface area contributed by atoms with Gasteiger partial charge < -0.3 is 9.80 Å². The van der Waals surface area contributed by atoms with Gasteiger partial charge in [0.1, 0.15) is 0 Å². The van der Waals surface area contributed by atoms with Crippen molar-refractivity contribution in [3.8, 4) is 0 Å². The lowest BCUT2D eigenvalue weighted by atomic mass is 9.72. The average Bonchev–Trinajstić information content (AvgIpc) is 3.16. The number of carbonyl (C=O) groups is 2. The summed E-state index contributed by atoms with van der Waals surface area (Å²) >= 11 is 0. The Morgan fingerprint density at radius 2 is 1.93 bits per heavy atom. The number of pyridine rings is 1. The fourth-order valence-corrected chi connectivity index (χ4v) is 4.55. The summed E-state index contributed by atoms with van der Waals surface area (Å²) in [5, 5.41) is 4.26. The van der Waals surface area contributed by atoms with E-state index in [0.29, 0.717) is 25.9 Å². The van der Waals surface area contributed by atoms with E-state index < -0.39 is 0 Å². The molecule has 29 heavy (non-hydrogen) atoms. The minimum absolute atomic E-state index is 0.150. The van der Waals surface area contributed by atoms with Gasteiger partial charge in [-0.2, -0.15) is 5.10 Å². The molecule has 0 saturated carbocycles. The zero-order valence-corrected chi connectivity index (χ0v) is 17.1. The molecule has 0 aliphatic carbocycles. The lowest BCUT2D eigenvalue weighted by Crippen LogP contribution is -2.52. The van der Waals surface area contributed by atoms with Gasteiger partial charge in [-0.05, 0) is 54.9 Å². The zero-order valence-electron chi connectivity index (χ0n) is 17.1. The molecule has 2 fully saturated rings. The highest BCUT2D eigenvalue weighted by Crippen LogP contribution is 2.40.